The predicted molar refractivity (Wildman–Crippen MR) is 149 cm³/mol. The summed E-state index contributed by atoms with van der Waals surface area (Å²) in [7, 11) is 0. The van der Waals surface area contributed by atoms with Crippen LogP contribution in [0.5, 0.6) is 0 Å². The molecule has 1 aromatic heterocycles. The highest BCUT2D eigenvalue weighted by Gasteiger charge is 2.77. The Kier molecular flexibility index (Phi) is 7.25. The van der Waals surface area contributed by atoms with Gasteiger partial charge in [0.1, 0.15) is 23.8 Å². The molecular formula is C30H36N6O5. The van der Waals surface area contributed by atoms with Crippen LogP contribution in [0.3, 0.4) is 0 Å². The summed E-state index contributed by atoms with van der Waals surface area (Å²) in [5, 5.41) is 23.6. The van der Waals surface area contributed by atoms with E-state index in [1.54, 1.807) is 9.58 Å². The number of likely N-dealkylation sites (tertiary alicyclic amines) is 1. The number of unbranched alkanes of at least 4 members (excludes halogenated alkanes) is 2. The summed E-state index contributed by atoms with van der Waals surface area (Å²) in [6, 6.07) is 16.2. The number of carbonyl (C=O) groups is 3. The fourth-order valence-electron chi connectivity index (χ4n) is 7.12. The second-order valence-electron chi connectivity index (χ2n) is 11.5. The molecule has 0 saturated carbocycles. The molecule has 3 N–H and O–H groups in total. The number of para-hydroxylation sites is 1. The first-order valence-electron chi connectivity index (χ1n) is 14.4. The Morgan fingerprint density at radius 2 is 1.80 bits per heavy atom. The fraction of sp³-hybridized carbons (Fsp3) is 0.500. The summed E-state index contributed by atoms with van der Waals surface area (Å²) in [4.78, 5) is 43.3. The third-order valence-electron chi connectivity index (χ3n) is 9.00. The van der Waals surface area contributed by atoms with Crippen molar-refractivity contribution in [3.63, 3.8) is 0 Å². The number of rotatable bonds is 11. The van der Waals surface area contributed by atoms with Crippen LogP contribution < -0.4 is 10.6 Å². The van der Waals surface area contributed by atoms with Crippen molar-refractivity contribution in [1.29, 1.82) is 0 Å². The molecule has 2 unspecified atom stereocenters. The van der Waals surface area contributed by atoms with Gasteiger partial charge in [0, 0.05) is 19.7 Å². The van der Waals surface area contributed by atoms with Crippen LogP contribution in [0.2, 0.25) is 0 Å². The molecule has 2 bridgehead atoms. The lowest BCUT2D eigenvalue weighted by Gasteiger charge is -2.33. The molecule has 3 aliphatic heterocycles. The van der Waals surface area contributed by atoms with Crippen LogP contribution in [0.4, 0.5) is 0 Å². The van der Waals surface area contributed by atoms with Crippen molar-refractivity contribution in [2.45, 2.75) is 69.5 Å². The Hall–Kier alpha value is -3.83. The minimum Gasteiger partial charge on any atom is -0.396 e. The summed E-state index contributed by atoms with van der Waals surface area (Å²) in [5.74, 6) is -2.24. The van der Waals surface area contributed by atoms with E-state index in [1.165, 1.54) is 0 Å². The summed E-state index contributed by atoms with van der Waals surface area (Å²) in [5.41, 5.74) is 0.535. The van der Waals surface area contributed by atoms with Gasteiger partial charge in [-0.15, -0.1) is 5.10 Å². The van der Waals surface area contributed by atoms with E-state index in [1.807, 2.05) is 61.5 Å². The number of benzene rings is 2. The number of ether oxygens (including phenoxy) is 1. The molecule has 6 rings (SSSR count). The van der Waals surface area contributed by atoms with Crippen LogP contribution in [-0.4, -0.2) is 73.1 Å². The van der Waals surface area contributed by atoms with Crippen molar-refractivity contribution < 1.29 is 24.2 Å². The van der Waals surface area contributed by atoms with E-state index in [9.17, 15) is 19.5 Å². The quantitative estimate of drug-likeness (QED) is 0.304. The zero-order valence-electron chi connectivity index (χ0n) is 23.2. The molecule has 5 atom stereocenters. The van der Waals surface area contributed by atoms with Crippen molar-refractivity contribution in [3.05, 3.63) is 60.2 Å². The summed E-state index contributed by atoms with van der Waals surface area (Å²) < 4.78 is 8.28. The minimum absolute atomic E-state index is 0.0708. The molecule has 11 nitrogen and oxygen atoms in total. The molecule has 4 heterocycles. The number of aromatic nitrogens is 3. The van der Waals surface area contributed by atoms with Crippen LogP contribution in [0.1, 0.15) is 44.6 Å². The maximum absolute atomic E-state index is 14.1. The molecule has 41 heavy (non-hydrogen) atoms. The van der Waals surface area contributed by atoms with E-state index in [4.69, 9.17) is 4.74 Å². The zero-order valence-corrected chi connectivity index (χ0v) is 23.2. The van der Waals surface area contributed by atoms with Crippen molar-refractivity contribution in [2.24, 2.45) is 11.8 Å². The van der Waals surface area contributed by atoms with Gasteiger partial charge in [0.25, 0.3) is 0 Å². The highest BCUT2D eigenvalue weighted by atomic mass is 16.5. The van der Waals surface area contributed by atoms with Crippen molar-refractivity contribution >= 4 is 28.8 Å². The molecule has 2 aromatic carbocycles. The van der Waals surface area contributed by atoms with Gasteiger partial charge in [0.2, 0.25) is 17.7 Å². The maximum Gasteiger partial charge on any atom is 0.247 e. The van der Waals surface area contributed by atoms with E-state index >= 15 is 0 Å². The molecule has 3 amide bonds. The van der Waals surface area contributed by atoms with Crippen molar-refractivity contribution in [3.8, 4) is 0 Å². The van der Waals surface area contributed by atoms with Crippen LogP contribution in [0.25, 0.3) is 11.0 Å². The number of aliphatic hydroxyl groups is 1. The summed E-state index contributed by atoms with van der Waals surface area (Å²) in [6.07, 6.45) is 3.06. The first kappa shape index (κ1) is 27.3. The molecular weight excluding hydrogens is 524 g/mol. The van der Waals surface area contributed by atoms with Gasteiger partial charge in [0.05, 0.1) is 23.0 Å². The third-order valence-corrected chi connectivity index (χ3v) is 9.00. The molecule has 3 fully saturated rings. The molecule has 0 aliphatic carbocycles. The van der Waals surface area contributed by atoms with E-state index in [2.05, 4.69) is 20.9 Å². The van der Waals surface area contributed by atoms with Crippen LogP contribution in [0, 0.1) is 11.8 Å². The van der Waals surface area contributed by atoms with Crippen LogP contribution >= 0.6 is 0 Å². The number of nitrogens with one attached hydrogen (secondary N) is 2. The van der Waals surface area contributed by atoms with Gasteiger partial charge in [-0.3, -0.25) is 14.4 Å². The number of amides is 3. The monoisotopic (exact) mass is 560 g/mol. The molecule has 11 heteroatoms. The van der Waals surface area contributed by atoms with Gasteiger partial charge in [0.15, 0.2) is 0 Å². The molecule has 3 saturated heterocycles. The lowest BCUT2D eigenvalue weighted by Crippen LogP contribution is -2.55. The topological polar surface area (TPSA) is 139 Å². The SMILES string of the molecule is C[C@]12CCC3(O1)C(C(=O)NCn1nnc4ccccc41)N(CCCCCO)C(=O)[C@@H]3[C@H]2C(=O)NCc1ccccc1. The van der Waals surface area contributed by atoms with E-state index in [-0.39, 0.29) is 31.0 Å². The maximum atomic E-state index is 14.1. The normalized spacial score (nSPS) is 28.3. The standard InChI is InChI=1S/C30H36N6O5/c1-29-14-15-30(41-29)24(23(29)26(38)31-18-20-10-4-2-5-11-20)28(40)35(16-8-3-9-17-37)25(30)27(39)32-19-36-22-13-7-6-12-21(22)33-34-36/h2,4-7,10-13,23-25,37H,3,8-9,14-19H2,1H3,(H,31,38)(H,32,39)/t23-,24-,25?,29+,30?/m0/s1. The molecule has 3 aromatic rings. The van der Waals surface area contributed by atoms with Gasteiger partial charge >= 0.3 is 0 Å². The fourth-order valence-corrected chi connectivity index (χ4v) is 7.12. The number of aliphatic hydroxyl groups excluding tert-OH is 1. The second kappa shape index (κ2) is 10.9. The van der Waals surface area contributed by atoms with Gasteiger partial charge < -0.3 is 25.4 Å². The number of hydrogen-bond acceptors (Lipinski definition) is 7. The first-order chi connectivity index (χ1) is 19.9. The highest BCUT2D eigenvalue weighted by molar-refractivity contribution is 5.99. The van der Waals surface area contributed by atoms with Crippen molar-refractivity contribution in [2.75, 3.05) is 13.2 Å². The van der Waals surface area contributed by atoms with Crippen LogP contribution in [-0.2, 0) is 32.3 Å². The van der Waals surface area contributed by atoms with Gasteiger partial charge in [-0.1, -0.05) is 47.7 Å². The molecule has 3 aliphatic rings. The van der Waals surface area contributed by atoms with E-state index in [0.29, 0.717) is 38.8 Å². The Bertz CT molecular complexity index is 1450. The molecule has 216 valence electrons. The molecule has 1 spiro atoms. The Balaban J connectivity index is 1.26. The summed E-state index contributed by atoms with van der Waals surface area (Å²) in [6.45, 7) is 2.74. The van der Waals surface area contributed by atoms with Gasteiger partial charge in [-0.2, -0.15) is 0 Å². The average molecular weight is 561 g/mol. The number of nitrogens with zero attached hydrogens (tertiary/aromatic N) is 4. The smallest absolute Gasteiger partial charge is 0.247 e. The second-order valence-corrected chi connectivity index (χ2v) is 11.5. The Morgan fingerprint density at radius 3 is 2.61 bits per heavy atom. The zero-order chi connectivity index (χ0) is 28.6. The van der Waals surface area contributed by atoms with Gasteiger partial charge in [-0.25, -0.2) is 4.68 Å². The largest absolute Gasteiger partial charge is 0.396 e. The number of fused-ring (bicyclic) bond motifs is 2. The number of hydrogen-bond donors (Lipinski definition) is 3. The Morgan fingerprint density at radius 1 is 1.02 bits per heavy atom. The minimum atomic E-state index is -1.09. The van der Waals surface area contributed by atoms with Crippen molar-refractivity contribution in [1.82, 2.24) is 30.5 Å². The first-order valence-corrected chi connectivity index (χ1v) is 14.4. The van der Waals surface area contributed by atoms with E-state index < -0.39 is 29.1 Å². The molecule has 0 radical (unpaired) electrons. The predicted octanol–water partition coefficient (Wildman–Crippen LogP) is 1.75. The van der Waals surface area contributed by atoms with Crippen LogP contribution in [0.15, 0.2) is 54.6 Å². The number of carbonyl (C=O) groups excluding carboxylic acids is 3. The highest BCUT2D eigenvalue weighted by Crippen LogP contribution is 2.63. The Labute approximate surface area is 238 Å². The summed E-state index contributed by atoms with van der Waals surface area (Å²) >= 11 is 0. The lowest BCUT2D eigenvalue weighted by atomic mass is 9.66. The van der Waals surface area contributed by atoms with Gasteiger partial charge in [-0.05, 0) is 56.7 Å². The lowest BCUT2D eigenvalue weighted by molar-refractivity contribution is -0.146. The third kappa shape index (κ3) is 4.66. The van der Waals surface area contributed by atoms with E-state index in [0.717, 1.165) is 23.0 Å². The average Bonchev–Trinajstić information content (AvgIpc) is 3.69.